The second-order valence-electron chi connectivity index (χ2n) is 5.72. The van der Waals surface area contributed by atoms with E-state index in [1.54, 1.807) is 6.20 Å². The standard InChI is InChI=1S/C16H18INO3/c1-16(2,3)21-15(20)12-8-18-13(9-19)14(12)10-4-6-11(17)7-5-10/h4-8,18-19H,9H2,1-3H3. The van der Waals surface area contributed by atoms with E-state index in [1.165, 1.54) is 0 Å². The molecule has 0 atom stereocenters. The third-order valence-corrected chi connectivity index (χ3v) is 3.59. The fourth-order valence-corrected chi connectivity index (χ4v) is 2.39. The molecule has 4 nitrogen and oxygen atoms in total. The first-order chi connectivity index (χ1) is 9.81. The van der Waals surface area contributed by atoms with Crippen molar-refractivity contribution in [1.82, 2.24) is 4.98 Å². The summed E-state index contributed by atoms with van der Waals surface area (Å²) in [6.07, 6.45) is 1.59. The zero-order chi connectivity index (χ0) is 15.6. The Balaban J connectivity index is 2.46. The molecule has 5 heteroatoms. The molecule has 0 saturated heterocycles. The van der Waals surface area contributed by atoms with Gasteiger partial charge in [0.15, 0.2) is 0 Å². The van der Waals surface area contributed by atoms with Crippen molar-refractivity contribution in [2.24, 2.45) is 0 Å². The Hall–Kier alpha value is -1.34. The average Bonchev–Trinajstić information content (AvgIpc) is 2.81. The number of hydrogen-bond donors (Lipinski definition) is 2. The first-order valence-electron chi connectivity index (χ1n) is 6.62. The zero-order valence-electron chi connectivity index (χ0n) is 12.2. The number of aliphatic hydroxyl groups is 1. The molecule has 0 unspecified atom stereocenters. The fraction of sp³-hybridized carbons (Fsp3) is 0.312. The molecule has 0 amide bonds. The third-order valence-electron chi connectivity index (χ3n) is 2.87. The number of aromatic nitrogens is 1. The minimum atomic E-state index is -0.558. The second kappa shape index (κ2) is 6.19. The number of carbonyl (C=O) groups is 1. The van der Waals surface area contributed by atoms with Gasteiger partial charge in [-0.3, -0.25) is 0 Å². The van der Waals surface area contributed by atoms with Gasteiger partial charge in [-0.2, -0.15) is 0 Å². The van der Waals surface area contributed by atoms with Crippen molar-refractivity contribution in [3.63, 3.8) is 0 Å². The molecular formula is C16H18INO3. The van der Waals surface area contributed by atoms with Crippen LogP contribution in [0.3, 0.4) is 0 Å². The lowest BCUT2D eigenvalue weighted by Gasteiger charge is -2.19. The maximum Gasteiger partial charge on any atom is 0.340 e. The van der Waals surface area contributed by atoms with Crippen molar-refractivity contribution in [2.75, 3.05) is 0 Å². The Morgan fingerprint density at radius 2 is 1.90 bits per heavy atom. The van der Waals surface area contributed by atoms with Crippen LogP contribution >= 0.6 is 22.6 Å². The number of benzene rings is 1. The van der Waals surface area contributed by atoms with Crippen molar-refractivity contribution >= 4 is 28.6 Å². The van der Waals surface area contributed by atoms with Crippen LogP contribution in [0.1, 0.15) is 36.8 Å². The molecule has 1 aromatic heterocycles. The molecule has 0 saturated carbocycles. The van der Waals surface area contributed by atoms with Crippen molar-refractivity contribution in [3.8, 4) is 11.1 Å². The summed E-state index contributed by atoms with van der Waals surface area (Å²) in [7, 11) is 0. The minimum absolute atomic E-state index is 0.163. The number of nitrogens with one attached hydrogen (secondary N) is 1. The molecule has 1 heterocycles. The molecule has 0 fully saturated rings. The van der Waals surface area contributed by atoms with E-state index >= 15 is 0 Å². The zero-order valence-corrected chi connectivity index (χ0v) is 14.4. The second-order valence-corrected chi connectivity index (χ2v) is 6.97. The van der Waals surface area contributed by atoms with E-state index in [0.29, 0.717) is 16.8 Å². The molecule has 0 aliphatic carbocycles. The summed E-state index contributed by atoms with van der Waals surface area (Å²) >= 11 is 2.22. The van der Waals surface area contributed by atoms with E-state index in [4.69, 9.17) is 4.74 Å². The molecule has 2 rings (SSSR count). The van der Waals surface area contributed by atoms with Crippen LogP contribution in [-0.2, 0) is 11.3 Å². The Morgan fingerprint density at radius 1 is 1.29 bits per heavy atom. The van der Waals surface area contributed by atoms with Crippen molar-refractivity contribution < 1.29 is 14.6 Å². The summed E-state index contributed by atoms with van der Waals surface area (Å²) in [6.45, 7) is 5.32. The van der Waals surface area contributed by atoms with E-state index in [2.05, 4.69) is 27.6 Å². The average molecular weight is 399 g/mol. The number of carbonyl (C=O) groups excluding carboxylic acids is 1. The van der Waals surface area contributed by atoms with Gasteiger partial charge in [0.25, 0.3) is 0 Å². The Morgan fingerprint density at radius 3 is 2.43 bits per heavy atom. The topological polar surface area (TPSA) is 62.3 Å². The van der Waals surface area contributed by atoms with Crippen LogP contribution in [0.5, 0.6) is 0 Å². The van der Waals surface area contributed by atoms with Crippen LogP contribution in [0.2, 0.25) is 0 Å². The molecule has 0 bridgehead atoms. The first-order valence-corrected chi connectivity index (χ1v) is 7.70. The number of hydrogen-bond acceptors (Lipinski definition) is 3. The van der Waals surface area contributed by atoms with Gasteiger partial charge in [-0.1, -0.05) is 12.1 Å². The van der Waals surface area contributed by atoms with E-state index in [9.17, 15) is 9.90 Å². The number of ether oxygens (including phenoxy) is 1. The molecule has 1 aromatic carbocycles. The van der Waals surface area contributed by atoms with Crippen LogP contribution in [0, 0.1) is 3.57 Å². The van der Waals surface area contributed by atoms with Crippen LogP contribution in [0.4, 0.5) is 0 Å². The van der Waals surface area contributed by atoms with Gasteiger partial charge in [-0.15, -0.1) is 0 Å². The maximum absolute atomic E-state index is 12.3. The molecule has 2 aromatic rings. The first kappa shape index (κ1) is 16.0. The fourth-order valence-electron chi connectivity index (χ4n) is 2.03. The highest BCUT2D eigenvalue weighted by Crippen LogP contribution is 2.30. The van der Waals surface area contributed by atoms with Crippen LogP contribution in [-0.4, -0.2) is 21.7 Å². The summed E-state index contributed by atoms with van der Waals surface area (Å²) in [6, 6.07) is 7.78. The molecule has 2 N–H and O–H groups in total. The van der Waals surface area contributed by atoms with Gasteiger partial charge in [0.2, 0.25) is 0 Å². The molecule has 0 spiro atoms. The Bertz CT molecular complexity index is 639. The summed E-state index contributed by atoms with van der Waals surface area (Å²) in [5, 5.41) is 9.48. The number of aromatic amines is 1. The lowest BCUT2D eigenvalue weighted by Crippen LogP contribution is -2.24. The van der Waals surface area contributed by atoms with Gasteiger partial charge in [0, 0.05) is 21.0 Å². The number of rotatable bonds is 3. The monoisotopic (exact) mass is 399 g/mol. The summed E-state index contributed by atoms with van der Waals surface area (Å²) < 4.78 is 6.53. The number of H-pyrrole nitrogens is 1. The normalized spacial score (nSPS) is 11.5. The minimum Gasteiger partial charge on any atom is -0.456 e. The summed E-state index contributed by atoms with van der Waals surface area (Å²) in [5.74, 6) is -0.396. The van der Waals surface area contributed by atoms with Gasteiger partial charge in [-0.05, 0) is 61.1 Å². The van der Waals surface area contributed by atoms with Gasteiger partial charge < -0.3 is 14.8 Å². The summed E-state index contributed by atoms with van der Waals surface area (Å²) in [4.78, 5) is 15.3. The number of halogens is 1. The molecular weight excluding hydrogens is 381 g/mol. The van der Waals surface area contributed by atoms with E-state index in [1.807, 2.05) is 45.0 Å². The van der Waals surface area contributed by atoms with Crippen LogP contribution in [0.25, 0.3) is 11.1 Å². The third kappa shape index (κ3) is 3.85. The highest BCUT2D eigenvalue weighted by atomic mass is 127. The lowest BCUT2D eigenvalue weighted by molar-refractivity contribution is 0.00706. The van der Waals surface area contributed by atoms with Crippen molar-refractivity contribution in [2.45, 2.75) is 33.0 Å². The Kier molecular flexibility index (Phi) is 4.73. The van der Waals surface area contributed by atoms with Crippen LogP contribution < -0.4 is 0 Å². The van der Waals surface area contributed by atoms with Gasteiger partial charge >= 0.3 is 5.97 Å². The molecule has 0 aliphatic rings. The Labute approximate surface area is 137 Å². The van der Waals surface area contributed by atoms with Crippen molar-refractivity contribution in [1.29, 1.82) is 0 Å². The van der Waals surface area contributed by atoms with Gasteiger partial charge in [0.1, 0.15) is 5.60 Å². The van der Waals surface area contributed by atoms with Crippen LogP contribution in [0.15, 0.2) is 30.5 Å². The largest absolute Gasteiger partial charge is 0.456 e. The highest BCUT2D eigenvalue weighted by Gasteiger charge is 2.23. The smallest absolute Gasteiger partial charge is 0.340 e. The number of aliphatic hydroxyl groups excluding tert-OH is 1. The predicted molar refractivity (Wildman–Crippen MR) is 90.0 cm³/mol. The number of esters is 1. The highest BCUT2D eigenvalue weighted by molar-refractivity contribution is 14.1. The maximum atomic E-state index is 12.3. The molecule has 112 valence electrons. The van der Waals surface area contributed by atoms with Gasteiger partial charge in [-0.25, -0.2) is 4.79 Å². The quantitative estimate of drug-likeness (QED) is 0.611. The SMILES string of the molecule is CC(C)(C)OC(=O)c1c[nH]c(CO)c1-c1ccc(I)cc1. The van der Waals surface area contributed by atoms with E-state index < -0.39 is 11.6 Å². The lowest BCUT2D eigenvalue weighted by atomic mass is 10.0. The van der Waals surface area contributed by atoms with E-state index in [-0.39, 0.29) is 6.61 Å². The van der Waals surface area contributed by atoms with Crippen molar-refractivity contribution in [3.05, 3.63) is 45.3 Å². The molecule has 0 aliphatic heterocycles. The van der Waals surface area contributed by atoms with E-state index in [0.717, 1.165) is 9.13 Å². The van der Waals surface area contributed by atoms with Gasteiger partial charge in [0.05, 0.1) is 12.2 Å². The summed E-state index contributed by atoms with van der Waals surface area (Å²) in [5.41, 5.74) is 2.06. The molecule has 0 radical (unpaired) electrons. The molecule has 21 heavy (non-hydrogen) atoms. The predicted octanol–water partition coefficient (Wildman–Crippen LogP) is 3.73.